The number of nitrogens with zero attached hydrogens (tertiary/aromatic N) is 5. The van der Waals surface area contributed by atoms with Gasteiger partial charge in [0.25, 0.3) is 0 Å². The Morgan fingerprint density at radius 3 is 2.79 bits per heavy atom. The number of halogens is 2. The monoisotopic (exact) mass is 462 g/mol. The molecule has 4 aromatic rings. The van der Waals surface area contributed by atoms with Gasteiger partial charge in [0.2, 0.25) is 0 Å². The molecule has 0 amide bonds. The summed E-state index contributed by atoms with van der Waals surface area (Å²) in [5, 5.41) is 0.0712. The van der Waals surface area contributed by atoms with Crippen molar-refractivity contribution in [3.05, 3.63) is 76.7 Å². The molecule has 33 heavy (non-hydrogen) atoms. The molecule has 1 atom stereocenters. The largest absolute Gasteiger partial charge is 0.355 e. The Balaban J connectivity index is 1.30. The summed E-state index contributed by atoms with van der Waals surface area (Å²) in [6.45, 7) is 3.74. The minimum Gasteiger partial charge on any atom is -0.355 e. The number of imidazole rings is 1. The van der Waals surface area contributed by atoms with E-state index in [2.05, 4.69) is 27.0 Å². The highest BCUT2D eigenvalue weighted by molar-refractivity contribution is 6.33. The van der Waals surface area contributed by atoms with Crippen molar-refractivity contribution < 1.29 is 4.39 Å². The Labute approximate surface area is 196 Å². The van der Waals surface area contributed by atoms with Crippen molar-refractivity contribution in [3.8, 4) is 11.4 Å². The SMILES string of the molecule is Cc1ccc2c(n1)CC1(CCN(c3nccn4c(-c5cccc(F)c5Cl)ncc34)CC1)C2N. The van der Waals surface area contributed by atoms with Gasteiger partial charge in [-0.2, -0.15) is 0 Å². The van der Waals surface area contributed by atoms with Gasteiger partial charge in [-0.05, 0) is 55.4 Å². The molecule has 0 bridgehead atoms. The molecule has 8 heteroatoms. The van der Waals surface area contributed by atoms with Gasteiger partial charge in [0.1, 0.15) is 17.2 Å². The quantitative estimate of drug-likeness (QED) is 0.466. The molecule has 2 aliphatic rings. The van der Waals surface area contributed by atoms with E-state index in [1.54, 1.807) is 24.5 Å². The summed E-state index contributed by atoms with van der Waals surface area (Å²) >= 11 is 6.23. The summed E-state index contributed by atoms with van der Waals surface area (Å²) in [7, 11) is 0. The van der Waals surface area contributed by atoms with Crippen LogP contribution in [0.5, 0.6) is 0 Å². The van der Waals surface area contributed by atoms with Crippen LogP contribution in [0.2, 0.25) is 5.02 Å². The molecule has 0 radical (unpaired) electrons. The smallest absolute Gasteiger partial charge is 0.154 e. The topological polar surface area (TPSA) is 72.3 Å². The van der Waals surface area contributed by atoms with Gasteiger partial charge in [-0.25, -0.2) is 14.4 Å². The van der Waals surface area contributed by atoms with Gasteiger partial charge < -0.3 is 10.6 Å². The maximum atomic E-state index is 14.0. The molecule has 3 aromatic heterocycles. The van der Waals surface area contributed by atoms with Crippen LogP contribution in [0.3, 0.4) is 0 Å². The Morgan fingerprint density at radius 2 is 1.97 bits per heavy atom. The molecule has 6 rings (SSSR count). The van der Waals surface area contributed by atoms with E-state index in [0.717, 1.165) is 55.1 Å². The second-order valence-corrected chi connectivity index (χ2v) is 9.56. The van der Waals surface area contributed by atoms with E-state index < -0.39 is 5.82 Å². The van der Waals surface area contributed by atoms with Crippen molar-refractivity contribution in [1.82, 2.24) is 19.4 Å². The van der Waals surface area contributed by atoms with Crippen LogP contribution in [0.25, 0.3) is 16.9 Å². The van der Waals surface area contributed by atoms with Crippen molar-refractivity contribution in [3.63, 3.8) is 0 Å². The van der Waals surface area contributed by atoms with Gasteiger partial charge in [0.05, 0.1) is 11.2 Å². The van der Waals surface area contributed by atoms with E-state index in [4.69, 9.17) is 22.3 Å². The molecule has 1 saturated heterocycles. The molecule has 1 aliphatic heterocycles. The zero-order valence-corrected chi connectivity index (χ0v) is 19.1. The van der Waals surface area contributed by atoms with Gasteiger partial charge in [-0.3, -0.25) is 9.38 Å². The Morgan fingerprint density at radius 1 is 1.15 bits per heavy atom. The lowest BCUT2D eigenvalue weighted by Crippen LogP contribution is -2.44. The molecule has 4 heterocycles. The second kappa shape index (κ2) is 7.50. The number of piperidine rings is 1. The van der Waals surface area contributed by atoms with Crippen LogP contribution >= 0.6 is 11.6 Å². The number of hydrogen-bond acceptors (Lipinski definition) is 5. The van der Waals surface area contributed by atoms with E-state index in [1.807, 2.05) is 17.5 Å². The van der Waals surface area contributed by atoms with Crippen molar-refractivity contribution in [2.75, 3.05) is 18.0 Å². The van der Waals surface area contributed by atoms with Crippen LogP contribution in [0.1, 0.15) is 35.8 Å². The number of pyridine rings is 1. The molecule has 0 saturated carbocycles. The fraction of sp³-hybridized carbons (Fsp3) is 0.320. The van der Waals surface area contributed by atoms with Gasteiger partial charge in [-0.1, -0.05) is 23.7 Å². The fourth-order valence-electron chi connectivity index (χ4n) is 5.50. The molecule has 1 fully saturated rings. The summed E-state index contributed by atoms with van der Waals surface area (Å²) < 4.78 is 16.0. The van der Waals surface area contributed by atoms with Crippen LogP contribution in [-0.2, 0) is 6.42 Å². The van der Waals surface area contributed by atoms with Crippen LogP contribution < -0.4 is 10.6 Å². The zero-order valence-electron chi connectivity index (χ0n) is 18.3. The standard InChI is InChI=1S/C25H24ClFN6/c1-15-5-6-16-19(31-15)13-25(22(16)28)7-10-32(11-8-25)24-20-14-30-23(33(20)12-9-29-24)17-3-2-4-18(27)21(17)26/h2-6,9,12,14,22H,7-8,10-11,13,28H2,1H3. The lowest BCUT2D eigenvalue weighted by Gasteiger charge is -2.42. The van der Waals surface area contributed by atoms with E-state index in [-0.39, 0.29) is 16.5 Å². The van der Waals surface area contributed by atoms with Gasteiger partial charge >= 0.3 is 0 Å². The van der Waals surface area contributed by atoms with E-state index in [0.29, 0.717) is 11.4 Å². The average Bonchev–Trinajstić information content (AvgIpc) is 3.35. The molecule has 168 valence electrons. The summed E-state index contributed by atoms with van der Waals surface area (Å²) in [4.78, 5) is 16.3. The molecule has 2 N–H and O–H groups in total. The molecule has 1 aliphatic carbocycles. The number of nitrogens with two attached hydrogens (primary N) is 1. The van der Waals surface area contributed by atoms with Crippen molar-refractivity contribution >= 4 is 22.9 Å². The van der Waals surface area contributed by atoms with Gasteiger partial charge in [-0.15, -0.1) is 0 Å². The number of aromatic nitrogens is 4. The maximum absolute atomic E-state index is 14.0. The Kier molecular flexibility index (Phi) is 4.67. The minimum absolute atomic E-state index is 0.0168. The zero-order chi connectivity index (χ0) is 22.7. The summed E-state index contributed by atoms with van der Waals surface area (Å²) in [5.41, 5.74) is 11.6. The highest BCUT2D eigenvalue weighted by atomic mass is 35.5. The number of fused-ring (bicyclic) bond motifs is 2. The van der Waals surface area contributed by atoms with Gasteiger partial charge in [0, 0.05) is 48.5 Å². The Hall–Kier alpha value is -3.03. The summed E-state index contributed by atoms with van der Waals surface area (Å²) in [6.07, 6.45) is 8.27. The lowest BCUT2D eigenvalue weighted by molar-refractivity contribution is 0.187. The van der Waals surface area contributed by atoms with Crippen molar-refractivity contribution in [2.45, 2.75) is 32.2 Å². The first-order valence-electron chi connectivity index (χ1n) is 11.2. The lowest BCUT2D eigenvalue weighted by atomic mass is 9.73. The van der Waals surface area contributed by atoms with Gasteiger partial charge in [0.15, 0.2) is 5.82 Å². The molecule has 1 spiro atoms. The van der Waals surface area contributed by atoms with Crippen LogP contribution in [0.15, 0.2) is 48.9 Å². The molecular weight excluding hydrogens is 439 g/mol. The van der Waals surface area contributed by atoms with E-state index >= 15 is 0 Å². The third kappa shape index (κ3) is 3.14. The number of aryl methyl sites for hydroxylation is 1. The van der Waals surface area contributed by atoms with Crippen LogP contribution in [0.4, 0.5) is 10.2 Å². The molecule has 1 unspecified atom stereocenters. The highest BCUT2D eigenvalue weighted by Crippen LogP contribution is 2.50. The third-order valence-electron chi connectivity index (χ3n) is 7.35. The molecular formula is C25H24ClFN6. The number of anilines is 1. The minimum atomic E-state index is -0.458. The number of rotatable bonds is 2. The first-order valence-corrected chi connectivity index (χ1v) is 11.6. The molecule has 1 aromatic carbocycles. The number of hydrogen-bond donors (Lipinski definition) is 1. The maximum Gasteiger partial charge on any atom is 0.154 e. The van der Waals surface area contributed by atoms with Crippen LogP contribution in [0, 0.1) is 18.2 Å². The first-order chi connectivity index (χ1) is 16.0. The normalized spacial score (nSPS) is 19.4. The first kappa shape index (κ1) is 20.6. The highest BCUT2D eigenvalue weighted by Gasteiger charge is 2.47. The predicted molar refractivity (Wildman–Crippen MR) is 127 cm³/mol. The Bertz CT molecular complexity index is 1370. The van der Waals surface area contributed by atoms with Crippen molar-refractivity contribution in [2.24, 2.45) is 11.1 Å². The molecule has 6 nitrogen and oxygen atoms in total. The van der Waals surface area contributed by atoms with E-state index in [9.17, 15) is 4.39 Å². The second-order valence-electron chi connectivity index (χ2n) is 9.18. The fourth-order valence-corrected chi connectivity index (χ4v) is 5.71. The third-order valence-corrected chi connectivity index (χ3v) is 7.74. The number of benzene rings is 1. The predicted octanol–water partition coefficient (Wildman–Crippen LogP) is 4.73. The van der Waals surface area contributed by atoms with Crippen LogP contribution in [-0.4, -0.2) is 32.4 Å². The van der Waals surface area contributed by atoms with Crippen molar-refractivity contribution in [1.29, 1.82) is 0 Å². The average molecular weight is 463 g/mol. The van der Waals surface area contributed by atoms with E-state index in [1.165, 1.54) is 11.6 Å². The summed E-state index contributed by atoms with van der Waals surface area (Å²) in [5.74, 6) is 1.01. The summed E-state index contributed by atoms with van der Waals surface area (Å²) in [6, 6.07) is 8.99.